The van der Waals surface area contributed by atoms with Gasteiger partial charge in [-0.25, -0.2) is 13.2 Å². The Hall–Kier alpha value is -0.600. The van der Waals surface area contributed by atoms with Gasteiger partial charge in [-0.05, 0) is 22.0 Å². The molecule has 90 valence electrons. The summed E-state index contributed by atoms with van der Waals surface area (Å²) in [4.78, 5) is 0. The van der Waals surface area contributed by atoms with Gasteiger partial charge in [0.2, 0.25) is 0 Å². The van der Waals surface area contributed by atoms with E-state index in [-0.39, 0.29) is 4.47 Å². The monoisotopic (exact) mass is 318 g/mol. The lowest BCUT2D eigenvalue weighted by Crippen LogP contribution is -2.06. The minimum atomic E-state index is -3.77. The molecule has 0 aliphatic carbocycles. The molecule has 0 amide bonds. The molecular formula is C8H6BrF3O3S. The van der Waals surface area contributed by atoms with Gasteiger partial charge in [0.05, 0.1) is 17.3 Å². The fourth-order valence-corrected chi connectivity index (χ4v) is 1.69. The van der Waals surface area contributed by atoms with E-state index < -0.39 is 39.7 Å². The second kappa shape index (κ2) is 4.72. The van der Waals surface area contributed by atoms with Crippen LogP contribution in [0.5, 0.6) is 0 Å². The van der Waals surface area contributed by atoms with Crippen LogP contribution in [0.2, 0.25) is 0 Å². The highest BCUT2D eigenvalue weighted by Gasteiger charge is 2.18. The van der Waals surface area contributed by atoms with Crippen molar-refractivity contribution in [2.75, 3.05) is 6.26 Å². The van der Waals surface area contributed by atoms with Crippen LogP contribution in [0.25, 0.3) is 0 Å². The van der Waals surface area contributed by atoms with Crippen LogP contribution in [0.4, 0.5) is 13.2 Å². The molecule has 8 heteroatoms. The second-order valence-corrected chi connectivity index (χ2v) is 5.42. The minimum Gasteiger partial charge on any atom is -0.265 e. The van der Waals surface area contributed by atoms with Gasteiger partial charge in [-0.1, -0.05) is 0 Å². The van der Waals surface area contributed by atoms with Crippen LogP contribution in [0.3, 0.4) is 0 Å². The number of hydrogen-bond acceptors (Lipinski definition) is 3. The van der Waals surface area contributed by atoms with E-state index in [1.165, 1.54) is 0 Å². The largest absolute Gasteiger partial charge is 0.265 e. The van der Waals surface area contributed by atoms with Gasteiger partial charge < -0.3 is 0 Å². The van der Waals surface area contributed by atoms with Crippen molar-refractivity contribution in [1.82, 2.24) is 0 Å². The molecule has 0 spiro atoms. The Morgan fingerprint density at radius 1 is 1.25 bits per heavy atom. The lowest BCUT2D eigenvalue weighted by molar-refractivity contribution is 0.301. The molecule has 3 nitrogen and oxygen atoms in total. The number of rotatable bonds is 3. The smallest absolute Gasteiger partial charge is 0.264 e. The van der Waals surface area contributed by atoms with Crippen molar-refractivity contribution in [1.29, 1.82) is 0 Å². The van der Waals surface area contributed by atoms with Crippen LogP contribution in [0.15, 0.2) is 10.5 Å². The van der Waals surface area contributed by atoms with Crippen LogP contribution < -0.4 is 0 Å². The van der Waals surface area contributed by atoms with Gasteiger partial charge in [0.15, 0.2) is 17.5 Å². The molecule has 0 aliphatic heterocycles. The highest BCUT2D eigenvalue weighted by atomic mass is 79.9. The van der Waals surface area contributed by atoms with Crippen molar-refractivity contribution in [3.05, 3.63) is 33.6 Å². The van der Waals surface area contributed by atoms with Gasteiger partial charge in [-0.15, -0.1) is 0 Å². The van der Waals surface area contributed by atoms with E-state index in [1.54, 1.807) is 0 Å². The molecule has 0 bridgehead atoms. The highest BCUT2D eigenvalue weighted by Crippen LogP contribution is 2.24. The molecule has 0 aromatic heterocycles. The summed E-state index contributed by atoms with van der Waals surface area (Å²) in [6.07, 6.45) is 0.764. The van der Waals surface area contributed by atoms with E-state index in [9.17, 15) is 21.6 Å². The van der Waals surface area contributed by atoms with Crippen LogP contribution in [0, 0.1) is 17.5 Å². The van der Waals surface area contributed by atoms with E-state index in [0.29, 0.717) is 0 Å². The van der Waals surface area contributed by atoms with E-state index >= 15 is 0 Å². The SMILES string of the molecule is CS(=O)(=O)OCc1cc(Br)c(F)c(F)c1F. The lowest BCUT2D eigenvalue weighted by Gasteiger charge is -2.06. The molecule has 0 unspecified atom stereocenters. The molecular weight excluding hydrogens is 313 g/mol. The molecule has 0 atom stereocenters. The van der Waals surface area contributed by atoms with Crippen molar-refractivity contribution in [3.8, 4) is 0 Å². The zero-order valence-electron chi connectivity index (χ0n) is 7.93. The van der Waals surface area contributed by atoms with Crippen molar-refractivity contribution < 1.29 is 25.8 Å². The van der Waals surface area contributed by atoms with Crippen molar-refractivity contribution in [2.24, 2.45) is 0 Å². The third-order valence-electron chi connectivity index (χ3n) is 1.61. The zero-order chi connectivity index (χ0) is 12.5. The van der Waals surface area contributed by atoms with E-state index in [0.717, 1.165) is 12.3 Å². The average Bonchev–Trinajstić information content (AvgIpc) is 2.17. The first-order valence-corrected chi connectivity index (χ1v) is 6.49. The number of hydrogen-bond donors (Lipinski definition) is 0. The highest BCUT2D eigenvalue weighted by molar-refractivity contribution is 9.10. The predicted molar refractivity (Wildman–Crippen MR) is 53.6 cm³/mol. The van der Waals surface area contributed by atoms with Crippen molar-refractivity contribution >= 4 is 26.0 Å². The topological polar surface area (TPSA) is 43.4 Å². The summed E-state index contributed by atoms with van der Waals surface area (Å²) in [6.45, 7) is -0.694. The van der Waals surface area contributed by atoms with E-state index in [4.69, 9.17) is 0 Å². The summed E-state index contributed by atoms with van der Waals surface area (Å²) in [6, 6.07) is 0.916. The summed E-state index contributed by atoms with van der Waals surface area (Å²) in [5, 5.41) is 0. The number of benzene rings is 1. The van der Waals surface area contributed by atoms with Crippen LogP contribution in [-0.4, -0.2) is 14.7 Å². The maximum atomic E-state index is 13.1. The summed E-state index contributed by atoms with van der Waals surface area (Å²) < 4.78 is 64.0. The maximum Gasteiger partial charge on any atom is 0.264 e. The zero-order valence-corrected chi connectivity index (χ0v) is 10.3. The molecule has 1 aromatic rings. The third-order valence-corrected chi connectivity index (χ3v) is 2.73. The molecule has 0 radical (unpaired) electrons. The van der Waals surface area contributed by atoms with Gasteiger partial charge in [0.25, 0.3) is 10.1 Å². The lowest BCUT2D eigenvalue weighted by atomic mass is 10.2. The molecule has 0 saturated carbocycles. The van der Waals surface area contributed by atoms with Crippen LogP contribution >= 0.6 is 15.9 Å². The van der Waals surface area contributed by atoms with Gasteiger partial charge >= 0.3 is 0 Å². The van der Waals surface area contributed by atoms with Crippen molar-refractivity contribution in [3.63, 3.8) is 0 Å². The Bertz CT molecular complexity index is 516. The van der Waals surface area contributed by atoms with Gasteiger partial charge in [-0.3, -0.25) is 4.18 Å². The van der Waals surface area contributed by atoms with Gasteiger partial charge in [0, 0.05) is 5.56 Å². The molecule has 1 aromatic carbocycles. The summed E-state index contributed by atoms with van der Waals surface area (Å²) >= 11 is 2.66. The Kier molecular flexibility index (Phi) is 3.97. The second-order valence-electron chi connectivity index (χ2n) is 2.93. The summed E-state index contributed by atoms with van der Waals surface area (Å²) in [7, 11) is -3.77. The molecule has 0 saturated heterocycles. The average molecular weight is 319 g/mol. The van der Waals surface area contributed by atoms with Gasteiger partial charge in [0.1, 0.15) is 0 Å². The van der Waals surface area contributed by atoms with Crippen LogP contribution in [-0.2, 0) is 20.9 Å². The normalized spacial score (nSPS) is 11.8. The summed E-state index contributed by atoms with van der Waals surface area (Å²) in [5.41, 5.74) is -0.392. The van der Waals surface area contributed by atoms with Crippen LogP contribution in [0.1, 0.15) is 5.56 Å². The van der Waals surface area contributed by atoms with Crippen molar-refractivity contribution in [2.45, 2.75) is 6.61 Å². The maximum absolute atomic E-state index is 13.1. The third kappa shape index (κ3) is 3.19. The standard InChI is InChI=1S/C8H6BrF3O3S/c1-16(13,14)15-3-4-2-5(9)7(11)8(12)6(4)10/h2H,3H2,1H3. The summed E-state index contributed by atoms with van der Waals surface area (Å²) in [5.74, 6) is -4.52. The molecule has 0 aliphatic rings. The first-order chi connectivity index (χ1) is 7.22. The Balaban J connectivity index is 3.07. The fraction of sp³-hybridized carbons (Fsp3) is 0.250. The first kappa shape index (κ1) is 13.5. The molecule has 0 heterocycles. The molecule has 0 fully saturated rings. The number of halogens is 4. The van der Waals surface area contributed by atoms with E-state index in [1.807, 2.05) is 0 Å². The van der Waals surface area contributed by atoms with Gasteiger partial charge in [-0.2, -0.15) is 8.42 Å². The predicted octanol–water partition coefficient (Wildman–Crippen LogP) is 2.34. The molecule has 1 rings (SSSR count). The Morgan fingerprint density at radius 3 is 2.31 bits per heavy atom. The van der Waals surface area contributed by atoms with E-state index in [2.05, 4.69) is 20.1 Å². The Labute approximate surface area is 98.5 Å². The molecule has 16 heavy (non-hydrogen) atoms. The minimum absolute atomic E-state index is 0.307. The quantitative estimate of drug-likeness (QED) is 0.488. The molecule has 0 N–H and O–H groups in total. The fourth-order valence-electron chi connectivity index (χ4n) is 0.897. The Morgan fingerprint density at radius 2 is 1.81 bits per heavy atom. The first-order valence-electron chi connectivity index (χ1n) is 3.88.